The Bertz CT molecular complexity index is 28.0. The van der Waals surface area contributed by atoms with Crippen molar-refractivity contribution >= 4 is 21.4 Å². The second-order valence-electron chi connectivity index (χ2n) is 0.904. The van der Waals surface area contributed by atoms with Crippen LogP contribution < -0.4 is 0 Å². The molecule has 0 aliphatic rings. The van der Waals surface area contributed by atoms with Crippen molar-refractivity contribution < 1.29 is 8.63 Å². The number of halogens is 2. The Kier molecular flexibility index (Phi) is 3.28. The summed E-state index contributed by atoms with van der Waals surface area (Å²) in [4.78, 5) is 0. The first-order valence-corrected chi connectivity index (χ1v) is 1.68. The fourth-order valence-corrected chi connectivity index (χ4v) is 0.0727. The summed E-state index contributed by atoms with van der Waals surface area (Å²) in [6.45, 7) is -0.0224. The van der Waals surface area contributed by atoms with Gasteiger partial charge in [-0.25, -0.2) is 0 Å². The average molecular weight is 85.5 g/mol. The van der Waals surface area contributed by atoms with Gasteiger partial charge in [0.15, 0.2) is 0 Å². The summed E-state index contributed by atoms with van der Waals surface area (Å²) in [5.74, 6) is 0. The molecule has 2 radical (unpaired) electrons. The predicted molar refractivity (Wildman–Crippen MR) is 25.3 cm³/mol. The summed E-state index contributed by atoms with van der Waals surface area (Å²) in [5, 5.41) is 0. The van der Waals surface area contributed by atoms with Crippen LogP contribution in [0.25, 0.3) is 0 Å². The molecule has 5 heteroatoms. The minimum absolute atomic E-state index is 0. The molecule has 30 valence electrons. The number of hydrogen-bond acceptors (Lipinski definition) is 0. The lowest BCUT2D eigenvalue weighted by atomic mass is 9.22. The summed E-state index contributed by atoms with van der Waals surface area (Å²) < 4.78 is 22.2. The van der Waals surface area contributed by atoms with E-state index in [2.05, 4.69) is 0 Å². The molecule has 0 saturated heterocycles. The van der Waals surface area contributed by atoms with Gasteiger partial charge in [0.1, 0.15) is 7.17 Å². The largest absolute Gasteiger partial charge is 0.355 e. The normalized spacial score (nSPS) is 7.17. The molecular formula is CH3B3F2. The van der Waals surface area contributed by atoms with E-state index in [1.54, 1.807) is 0 Å². The SMILES string of the molecule is C[B]B(F)[B]F. The van der Waals surface area contributed by atoms with Gasteiger partial charge in [0.05, 0.1) is 0 Å². The molecule has 6 heavy (non-hydrogen) atoms. The van der Waals surface area contributed by atoms with E-state index in [-0.39, 0.29) is 7.45 Å². The van der Waals surface area contributed by atoms with Gasteiger partial charge in [-0.2, -0.15) is 0 Å². The quantitative estimate of drug-likeness (QED) is 0.423. The Morgan fingerprint density at radius 1 is 1.67 bits per heavy atom. The molecular weight excluding hydrogens is 82.4 g/mol. The fraction of sp³-hybridized carbons (Fsp3) is 1.00. The third kappa shape index (κ3) is 2.30. The molecule has 0 aliphatic carbocycles. The molecule has 0 bridgehead atoms. The van der Waals surface area contributed by atoms with Crippen LogP contribution in [0.2, 0.25) is 6.82 Å². The second kappa shape index (κ2) is 3.25. The molecule has 0 amide bonds. The van der Waals surface area contributed by atoms with Crippen molar-refractivity contribution in [2.75, 3.05) is 0 Å². The van der Waals surface area contributed by atoms with Crippen molar-refractivity contribution in [2.45, 2.75) is 6.82 Å². The van der Waals surface area contributed by atoms with Gasteiger partial charge < -0.3 is 8.63 Å². The molecule has 0 heterocycles. The first-order valence-electron chi connectivity index (χ1n) is 1.68. The Hall–Kier alpha value is 0.0548. The maximum Gasteiger partial charge on any atom is 0.346 e. The van der Waals surface area contributed by atoms with E-state index in [0.717, 1.165) is 7.17 Å². The van der Waals surface area contributed by atoms with Crippen molar-refractivity contribution in [2.24, 2.45) is 0 Å². The molecule has 0 saturated carbocycles. The minimum atomic E-state index is -1.48. The summed E-state index contributed by atoms with van der Waals surface area (Å²) in [5.41, 5.74) is 0. The summed E-state index contributed by atoms with van der Waals surface area (Å²) in [7, 11) is 1.12. The van der Waals surface area contributed by atoms with Gasteiger partial charge in [-0.1, -0.05) is 6.82 Å². The fourth-order valence-electron chi connectivity index (χ4n) is 0.0727. The maximum absolute atomic E-state index is 11.4. The number of hydrogen-bond donors (Lipinski definition) is 0. The minimum Gasteiger partial charge on any atom is -0.355 e. The Morgan fingerprint density at radius 2 is 2.17 bits per heavy atom. The van der Waals surface area contributed by atoms with Crippen LogP contribution in [0, 0.1) is 0 Å². The topological polar surface area (TPSA) is 0 Å². The zero-order valence-corrected chi connectivity index (χ0v) is 3.49. The van der Waals surface area contributed by atoms with Crippen LogP contribution in [-0.4, -0.2) is 21.4 Å². The lowest BCUT2D eigenvalue weighted by Crippen LogP contribution is -2.19. The van der Waals surface area contributed by atoms with Gasteiger partial charge in [0.2, 0.25) is 0 Å². The van der Waals surface area contributed by atoms with Crippen LogP contribution in [0.1, 0.15) is 0 Å². The van der Waals surface area contributed by atoms with Crippen molar-refractivity contribution in [3.8, 4) is 0 Å². The molecule has 0 atom stereocenters. The van der Waals surface area contributed by atoms with Gasteiger partial charge in [-0.05, 0) is 0 Å². The van der Waals surface area contributed by atoms with Crippen molar-refractivity contribution in [1.29, 1.82) is 0 Å². The van der Waals surface area contributed by atoms with Crippen molar-refractivity contribution in [3.63, 3.8) is 0 Å². The monoisotopic (exact) mass is 86.0 g/mol. The van der Waals surface area contributed by atoms with E-state index in [1.807, 2.05) is 0 Å². The highest BCUT2D eigenvalue weighted by Gasteiger charge is 2.11. The molecule has 0 fully saturated rings. The lowest BCUT2D eigenvalue weighted by Gasteiger charge is -1.81. The van der Waals surface area contributed by atoms with E-state index >= 15 is 0 Å². The van der Waals surface area contributed by atoms with Crippen molar-refractivity contribution in [1.82, 2.24) is 0 Å². The standard InChI is InChI=1S/CH3B3F2/c1-2-4(6)3-5/h1H3. The van der Waals surface area contributed by atoms with Crippen LogP contribution in [0.3, 0.4) is 0 Å². The zero-order valence-electron chi connectivity index (χ0n) is 3.49. The van der Waals surface area contributed by atoms with E-state index in [9.17, 15) is 8.63 Å². The van der Waals surface area contributed by atoms with Crippen LogP contribution >= 0.6 is 0 Å². The molecule has 0 aromatic heterocycles. The molecule has 0 aliphatic heterocycles. The third-order valence-electron chi connectivity index (χ3n) is 0.439. The highest BCUT2D eigenvalue weighted by molar-refractivity contribution is 7.34. The van der Waals surface area contributed by atoms with Gasteiger partial charge in [-0.3, -0.25) is 0 Å². The highest BCUT2D eigenvalue weighted by Crippen LogP contribution is 1.76. The summed E-state index contributed by atoms with van der Waals surface area (Å²) in [6.07, 6.45) is 0. The van der Waals surface area contributed by atoms with E-state index in [1.165, 1.54) is 6.82 Å². The van der Waals surface area contributed by atoms with E-state index < -0.39 is 6.77 Å². The third-order valence-corrected chi connectivity index (χ3v) is 0.439. The molecule has 0 spiro atoms. The summed E-state index contributed by atoms with van der Waals surface area (Å²) in [6, 6.07) is 0. The first kappa shape index (κ1) is 6.05. The van der Waals surface area contributed by atoms with Crippen LogP contribution in [0.15, 0.2) is 0 Å². The van der Waals surface area contributed by atoms with Crippen LogP contribution in [0.5, 0.6) is 0 Å². The van der Waals surface area contributed by atoms with E-state index in [0.29, 0.717) is 0 Å². The average Bonchev–Trinajstić information content (AvgIpc) is 1.65. The maximum atomic E-state index is 11.4. The smallest absolute Gasteiger partial charge is 0.346 e. The van der Waals surface area contributed by atoms with Gasteiger partial charge in [-0.15, -0.1) is 0 Å². The van der Waals surface area contributed by atoms with Crippen LogP contribution in [0.4, 0.5) is 8.63 Å². The second-order valence-corrected chi connectivity index (χ2v) is 0.904. The molecule has 0 aromatic rings. The Balaban J connectivity index is 2.75. The van der Waals surface area contributed by atoms with Gasteiger partial charge in [0.25, 0.3) is 0 Å². The molecule has 0 rings (SSSR count). The predicted octanol–water partition coefficient (Wildman–Crippen LogP) is 0.282. The summed E-state index contributed by atoms with van der Waals surface area (Å²) >= 11 is 0. The van der Waals surface area contributed by atoms with Crippen LogP contribution in [-0.2, 0) is 0 Å². The zero-order chi connectivity index (χ0) is 4.99. The van der Waals surface area contributed by atoms with E-state index in [4.69, 9.17) is 0 Å². The molecule has 0 unspecified atom stereocenters. The molecule has 0 aromatic carbocycles. The Labute approximate surface area is 37.9 Å². The van der Waals surface area contributed by atoms with Gasteiger partial charge in [0, 0.05) is 0 Å². The first-order chi connectivity index (χ1) is 2.81. The molecule has 0 N–H and O–H groups in total. The number of rotatable bonds is 2. The highest BCUT2D eigenvalue weighted by atomic mass is 19.1. The Morgan fingerprint density at radius 3 is 2.17 bits per heavy atom. The van der Waals surface area contributed by atoms with Crippen molar-refractivity contribution in [3.05, 3.63) is 0 Å². The molecule has 0 nitrogen and oxygen atoms in total. The van der Waals surface area contributed by atoms with Gasteiger partial charge >= 0.3 is 14.2 Å². The lowest BCUT2D eigenvalue weighted by molar-refractivity contribution is 0.844.